The fourth-order valence-corrected chi connectivity index (χ4v) is 3.01. The van der Waals surface area contributed by atoms with Crippen molar-refractivity contribution in [3.8, 4) is 0 Å². The van der Waals surface area contributed by atoms with E-state index in [4.69, 9.17) is 0 Å². The maximum absolute atomic E-state index is 11.1. The standard InChI is InChI=1S/C13H17BrN2O2/c1-3-9(2)15-7-6-10-11(8-15)13(16(17)18)5-4-12(10)14/h4-5,9H,3,6-8H2,1-2H3. The highest BCUT2D eigenvalue weighted by Gasteiger charge is 2.27. The average molecular weight is 313 g/mol. The predicted molar refractivity (Wildman–Crippen MR) is 74.7 cm³/mol. The van der Waals surface area contributed by atoms with Crippen molar-refractivity contribution in [2.24, 2.45) is 0 Å². The molecule has 1 aromatic carbocycles. The summed E-state index contributed by atoms with van der Waals surface area (Å²) in [6.07, 6.45) is 1.94. The molecule has 1 atom stereocenters. The van der Waals surface area contributed by atoms with Crippen LogP contribution in [0.25, 0.3) is 0 Å². The zero-order valence-corrected chi connectivity index (χ0v) is 12.2. The van der Waals surface area contributed by atoms with Crippen LogP contribution in [0.15, 0.2) is 16.6 Å². The molecule has 1 unspecified atom stereocenters. The Morgan fingerprint density at radius 2 is 2.22 bits per heavy atom. The molecule has 0 aliphatic carbocycles. The number of fused-ring (bicyclic) bond motifs is 1. The van der Waals surface area contributed by atoms with Gasteiger partial charge in [0.1, 0.15) is 0 Å². The van der Waals surface area contributed by atoms with Crippen molar-refractivity contribution in [2.75, 3.05) is 6.54 Å². The van der Waals surface area contributed by atoms with E-state index in [0.29, 0.717) is 12.6 Å². The van der Waals surface area contributed by atoms with Gasteiger partial charge in [-0.1, -0.05) is 22.9 Å². The lowest BCUT2D eigenvalue weighted by atomic mass is 9.96. The van der Waals surface area contributed by atoms with E-state index >= 15 is 0 Å². The smallest absolute Gasteiger partial charge is 0.274 e. The van der Waals surface area contributed by atoms with Gasteiger partial charge in [-0.3, -0.25) is 15.0 Å². The van der Waals surface area contributed by atoms with Crippen molar-refractivity contribution in [3.05, 3.63) is 37.8 Å². The van der Waals surface area contributed by atoms with Crippen LogP contribution in [0.4, 0.5) is 5.69 Å². The third kappa shape index (κ3) is 2.42. The Morgan fingerprint density at radius 3 is 2.83 bits per heavy atom. The Kier molecular flexibility index (Phi) is 4.02. The summed E-state index contributed by atoms with van der Waals surface area (Å²) >= 11 is 3.50. The fourth-order valence-electron chi connectivity index (χ4n) is 2.44. The first-order valence-electron chi connectivity index (χ1n) is 6.23. The minimum Gasteiger partial charge on any atom is -0.296 e. The first kappa shape index (κ1) is 13.5. The highest BCUT2D eigenvalue weighted by molar-refractivity contribution is 9.10. The van der Waals surface area contributed by atoms with Gasteiger partial charge in [-0.05, 0) is 31.4 Å². The first-order chi connectivity index (χ1) is 8.54. The molecule has 2 rings (SSSR count). The second-order valence-corrected chi connectivity index (χ2v) is 5.61. The van der Waals surface area contributed by atoms with E-state index in [0.717, 1.165) is 35.0 Å². The monoisotopic (exact) mass is 312 g/mol. The van der Waals surface area contributed by atoms with Crippen LogP contribution in [0.3, 0.4) is 0 Å². The van der Waals surface area contributed by atoms with Crippen LogP contribution in [-0.4, -0.2) is 22.4 Å². The first-order valence-corrected chi connectivity index (χ1v) is 7.02. The summed E-state index contributed by atoms with van der Waals surface area (Å²) in [4.78, 5) is 13.2. The van der Waals surface area contributed by atoms with Crippen LogP contribution in [0.1, 0.15) is 31.4 Å². The second kappa shape index (κ2) is 5.36. The molecule has 0 saturated heterocycles. The normalized spacial score (nSPS) is 17.3. The average Bonchev–Trinajstić information content (AvgIpc) is 2.37. The van der Waals surface area contributed by atoms with E-state index in [1.165, 1.54) is 0 Å². The van der Waals surface area contributed by atoms with Crippen LogP contribution in [0.2, 0.25) is 0 Å². The Hall–Kier alpha value is -0.940. The van der Waals surface area contributed by atoms with E-state index in [9.17, 15) is 10.1 Å². The van der Waals surface area contributed by atoms with Crippen molar-refractivity contribution in [1.82, 2.24) is 4.90 Å². The van der Waals surface area contributed by atoms with Crippen LogP contribution in [0, 0.1) is 10.1 Å². The molecule has 0 N–H and O–H groups in total. The van der Waals surface area contributed by atoms with E-state index in [1.54, 1.807) is 12.1 Å². The maximum Gasteiger partial charge on any atom is 0.274 e. The summed E-state index contributed by atoms with van der Waals surface area (Å²) < 4.78 is 0.993. The molecule has 0 bridgehead atoms. The minimum absolute atomic E-state index is 0.251. The summed E-state index contributed by atoms with van der Waals surface area (Å²) in [7, 11) is 0. The van der Waals surface area contributed by atoms with Crippen LogP contribution in [0.5, 0.6) is 0 Å². The van der Waals surface area contributed by atoms with Gasteiger partial charge in [0.15, 0.2) is 0 Å². The third-order valence-electron chi connectivity index (χ3n) is 3.77. The second-order valence-electron chi connectivity index (χ2n) is 4.76. The van der Waals surface area contributed by atoms with E-state index in [2.05, 4.69) is 34.7 Å². The molecule has 5 heteroatoms. The molecule has 0 radical (unpaired) electrons. The summed E-state index contributed by atoms with van der Waals surface area (Å²) in [5, 5.41) is 11.1. The molecule has 1 aliphatic rings. The lowest BCUT2D eigenvalue weighted by Gasteiger charge is -2.33. The number of hydrogen-bond donors (Lipinski definition) is 0. The molecule has 0 spiro atoms. The zero-order valence-electron chi connectivity index (χ0n) is 10.6. The number of halogens is 1. The van der Waals surface area contributed by atoms with Gasteiger partial charge in [-0.25, -0.2) is 0 Å². The van der Waals surface area contributed by atoms with Gasteiger partial charge in [-0.2, -0.15) is 0 Å². The number of nitro groups is 1. The van der Waals surface area contributed by atoms with Gasteiger partial charge < -0.3 is 0 Å². The maximum atomic E-state index is 11.1. The van der Waals surface area contributed by atoms with E-state index in [1.807, 2.05) is 0 Å². The largest absolute Gasteiger partial charge is 0.296 e. The molecule has 98 valence electrons. The Labute approximate surface area is 115 Å². The van der Waals surface area contributed by atoms with Gasteiger partial charge in [0, 0.05) is 35.2 Å². The summed E-state index contributed by atoms with van der Waals surface area (Å²) in [6.45, 7) is 5.98. The quantitative estimate of drug-likeness (QED) is 0.633. The lowest BCUT2D eigenvalue weighted by Crippen LogP contribution is -2.37. The Bertz CT molecular complexity index is 476. The van der Waals surface area contributed by atoms with Crippen LogP contribution < -0.4 is 0 Å². The number of nitrogens with zero attached hydrogens (tertiary/aromatic N) is 2. The van der Waals surface area contributed by atoms with Crippen LogP contribution >= 0.6 is 15.9 Å². The Balaban J connectivity index is 2.40. The highest BCUT2D eigenvalue weighted by Crippen LogP contribution is 2.34. The van der Waals surface area contributed by atoms with Gasteiger partial charge >= 0.3 is 0 Å². The topological polar surface area (TPSA) is 46.4 Å². The zero-order chi connectivity index (χ0) is 13.3. The van der Waals surface area contributed by atoms with Crippen molar-refractivity contribution in [2.45, 2.75) is 39.3 Å². The van der Waals surface area contributed by atoms with Gasteiger partial charge in [0.2, 0.25) is 0 Å². The number of hydrogen-bond acceptors (Lipinski definition) is 3. The molecule has 1 aromatic rings. The van der Waals surface area contributed by atoms with Crippen molar-refractivity contribution >= 4 is 21.6 Å². The van der Waals surface area contributed by atoms with Gasteiger partial charge in [0.05, 0.1) is 4.92 Å². The van der Waals surface area contributed by atoms with Crippen molar-refractivity contribution in [3.63, 3.8) is 0 Å². The number of benzene rings is 1. The Morgan fingerprint density at radius 1 is 1.50 bits per heavy atom. The predicted octanol–water partition coefficient (Wildman–Crippen LogP) is 3.51. The third-order valence-corrected chi connectivity index (χ3v) is 4.51. The molecule has 0 fully saturated rings. The molecule has 0 aromatic heterocycles. The van der Waals surface area contributed by atoms with Gasteiger partial charge in [0.25, 0.3) is 5.69 Å². The SMILES string of the molecule is CCC(C)N1CCc2c(Br)ccc([N+](=O)[O-])c2C1. The van der Waals surface area contributed by atoms with E-state index in [-0.39, 0.29) is 10.6 Å². The minimum atomic E-state index is -0.272. The summed E-state index contributed by atoms with van der Waals surface area (Å²) in [6, 6.07) is 3.86. The van der Waals surface area contributed by atoms with Crippen molar-refractivity contribution < 1.29 is 4.92 Å². The van der Waals surface area contributed by atoms with Crippen LogP contribution in [-0.2, 0) is 13.0 Å². The molecular weight excluding hydrogens is 296 g/mol. The van der Waals surface area contributed by atoms with Crippen molar-refractivity contribution in [1.29, 1.82) is 0 Å². The number of nitro benzene ring substituents is 1. The van der Waals surface area contributed by atoms with E-state index < -0.39 is 0 Å². The summed E-state index contributed by atoms with van der Waals surface area (Å²) in [5.74, 6) is 0. The molecule has 1 heterocycles. The molecular formula is C13H17BrN2O2. The molecule has 0 saturated carbocycles. The number of rotatable bonds is 3. The fraction of sp³-hybridized carbons (Fsp3) is 0.538. The molecule has 4 nitrogen and oxygen atoms in total. The highest BCUT2D eigenvalue weighted by atomic mass is 79.9. The molecule has 18 heavy (non-hydrogen) atoms. The molecule has 0 amide bonds. The summed E-state index contributed by atoms with van der Waals surface area (Å²) in [5.41, 5.74) is 2.23. The lowest BCUT2D eigenvalue weighted by molar-refractivity contribution is -0.385. The van der Waals surface area contributed by atoms with Gasteiger partial charge in [-0.15, -0.1) is 0 Å². The molecule has 1 aliphatic heterocycles.